The van der Waals surface area contributed by atoms with E-state index >= 15 is 0 Å². The minimum atomic E-state index is 0.0469. The van der Waals surface area contributed by atoms with Crippen LogP contribution in [-0.4, -0.2) is 37.6 Å². The van der Waals surface area contributed by atoms with Crippen molar-refractivity contribution in [1.29, 1.82) is 0 Å². The van der Waals surface area contributed by atoms with Crippen molar-refractivity contribution in [3.05, 3.63) is 0 Å². The first kappa shape index (κ1) is 11.9. The predicted octanol–water partition coefficient (Wildman–Crippen LogP) is 2.06. The lowest BCUT2D eigenvalue weighted by atomic mass is 9.82. The lowest BCUT2D eigenvalue weighted by Crippen LogP contribution is -2.31. The van der Waals surface area contributed by atoms with Crippen molar-refractivity contribution < 1.29 is 9.53 Å². The van der Waals surface area contributed by atoms with Gasteiger partial charge in [0.15, 0.2) is 0 Å². The molecular formula is C13H23NO2. The SMILES string of the molecule is CN(C)CC1C(=O)OC2CCCCCCC21. The number of hydrogen-bond donors (Lipinski definition) is 0. The van der Waals surface area contributed by atoms with Crippen LogP contribution in [0.4, 0.5) is 0 Å². The number of nitrogens with zero attached hydrogens (tertiary/aromatic N) is 1. The van der Waals surface area contributed by atoms with Gasteiger partial charge in [0, 0.05) is 12.5 Å². The van der Waals surface area contributed by atoms with Crippen molar-refractivity contribution in [3.63, 3.8) is 0 Å². The molecule has 3 atom stereocenters. The quantitative estimate of drug-likeness (QED) is 0.674. The molecule has 3 unspecified atom stereocenters. The van der Waals surface area contributed by atoms with Gasteiger partial charge in [-0.2, -0.15) is 0 Å². The number of carbonyl (C=O) groups is 1. The molecule has 0 aromatic carbocycles. The monoisotopic (exact) mass is 225 g/mol. The number of ether oxygens (including phenoxy) is 1. The normalized spacial score (nSPS) is 35.4. The Morgan fingerprint density at radius 1 is 1.19 bits per heavy atom. The van der Waals surface area contributed by atoms with Gasteiger partial charge < -0.3 is 9.64 Å². The van der Waals surface area contributed by atoms with E-state index in [9.17, 15) is 4.79 Å². The van der Waals surface area contributed by atoms with Gasteiger partial charge >= 0.3 is 5.97 Å². The summed E-state index contributed by atoms with van der Waals surface area (Å²) in [6.07, 6.45) is 7.60. The summed E-state index contributed by atoms with van der Waals surface area (Å²) in [5.41, 5.74) is 0. The minimum absolute atomic E-state index is 0.0469. The lowest BCUT2D eigenvalue weighted by molar-refractivity contribution is -0.144. The largest absolute Gasteiger partial charge is 0.462 e. The van der Waals surface area contributed by atoms with Crippen LogP contribution in [0, 0.1) is 11.8 Å². The van der Waals surface area contributed by atoms with E-state index in [1.165, 1.54) is 32.1 Å². The zero-order valence-electron chi connectivity index (χ0n) is 10.4. The molecule has 1 saturated heterocycles. The maximum atomic E-state index is 11.9. The Bertz CT molecular complexity index is 252. The molecule has 2 aliphatic rings. The highest BCUT2D eigenvalue weighted by molar-refractivity contribution is 5.75. The maximum absolute atomic E-state index is 11.9. The second-order valence-electron chi connectivity index (χ2n) is 5.50. The number of fused-ring (bicyclic) bond motifs is 1. The Kier molecular flexibility index (Phi) is 3.85. The van der Waals surface area contributed by atoms with Gasteiger partial charge in [-0.1, -0.05) is 19.3 Å². The molecule has 3 nitrogen and oxygen atoms in total. The summed E-state index contributed by atoms with van der Waals surface area (Å²) in [6.45, 7) is 0.847. The molecule has 3 heteroatoms. The highest BCUT2D eigenvalue weighted by atomic mass is 16.6. The zero-order chi connectivity index (χ0) is 11.5. The van der Waals surface area contributed by atoms with Gasteiger partial charge in [-0.3, -0.25) is 4.79 Å². The van der Waals surface area contributed by atoms with Crippen LogP contribution < -0.4 is 0 Å². The number of esters is 1. The third-order valence-corrected chi connectivity index (χ3v) is 3.90. The molecule has 1 aliphatic heterocycles. The third-order valence-electron chi connectivity index (χ3n) is 3.90. The predicted molar refractivity (Wildman–Crippen MR) is 63.1 cm³/mol. The van der Waals surface area contributed by atoms with Crippen LogP contribution in [0.15, 0.2) is 0 Å². The fourth-order valence-electron chi connectivity index (χ4n) is 3.10. The van der Waals surface area contributed by atoms with Crippen LogP contribution >= 0.6 is 0 Å². The maximum Gasteiger partial charge on any atom is 0.310 e. The smallest absolute Gasteiger partial charge is 0.310 e. The van der Waals surface area contributed by atoms with Crippen molar-refractivity contribution in [2.45, 2.75) is 44.6 Å². The van der Waals surface area contributed by atoms with Crippen LogP contribution in [0.2, 0.25) is 0 Å². The molecule has 0 bridgehead atoms. The van der Waals surface area contributed by atoms with Crippen LogP contribution in [0.25, 0.3) is 0 Å². The molecule has 0 N–H and O–H groups in total. The van der Waals surface area contributed by atoms with E-state index in [2.05, 4.69) is 4.90 Å². The van der Waals surface area contributed by atoms with E-state index in [-0.39, 0.29) is 18.0 Å². The van der Waals surface area contributed by atoms with Crippen molar-refractivity contribution in [2.75, 3.05) is 20.6 Å². The van der Waals surface area contributed by atoms with E-state index in [0.29, 0.717) is 5.92 Å². The van der Waals surface area contributed by atoms with Crippen LogP contribution in [0.1, 0.15) is 38.5 Å². The van der Waals surface area contributed by atoms with E-state index in [1.54, 1.807) is 0 Å². The Balaban J connectivity index is 2.03. The lowest BCUT2D eigenvalue weighted by Gasteiger charge is -2.24. The van der Waals surface area contributed by atoms with Gasteiger partial charge in [0.2, 0.25) is 0 Å². The summed E-state index contributed by atoms with van der Waals surface area (Å²) in [5.74, 6) is 0.652. The van der Waals surface area contributed by atoms with Crippen molar-refractivity contribution in [1.82, 2.24) is 4.90 Å². The standard InChI is InChI=1S/C13H23NO2/c1-14(2)9-11-10-7-5-3-4-6-8-12(10)16-13(11)15/h10-12H,3-9H2,1-2H3. The number of hydrogen-bond acceptors (Lipinski definition) is 3. The first-order chi connectivity index (χ1) is 7.68. The average Bonchev–Trinajstić information content (AvgIpc) is 2.43. The van der Waals surface area contributed by atoms with Gasteiger partial charge in [-0.15, -0.1) is 0 Å². The highest BCUT2D eigenvalue weighted by Gasteiger charge is 2.43. The fraction of sp³-hybridized carbons (Fsp3) is 0.923. The molecule has 1 saturated carbocycles. The summed E-state index contributed by atoms with van der Waals surface area (Å²) < 4.78 is 5.55. The molecule has 1 heterocycles. The molecule has 92 valence electrons. The van der Waals surface area contributed by atoms with Crippen molar-refractivity contribution in [2.24, 2.45) is 11.8 Å². The second kappa shape index (κ2) is 5.17. The van der Waals surface area contributed by atoms with Crippen molar-refractivity contribution >= 4 is 5.97 Å². The molecule has 0 spiro atoms. The molecule has 2 fully saturated rings. The molecule has 16 heavy (non-hydrogen) atoms. The Morgan fingerprint density at radius 3 is 2.56 bits per heavy atom. The molecular weight excluding hydrogens is 202 g/mol. The summed E-state index contributed by atoms with van der Waals surface area (Å²) in [4.78, 5) is 14.0. The number of rotatable bonds is 2. The molecule has 0 aromatic heterocycles. The topological polar surface area (TPSA) is 29.5 Å². The zero-order valence-corrected chi connectivity index (χ0v) is 10.4. The minimum Gasteiger partial charge on any atom is -0.462 e. The van der Waals surface area contributed by atoms with Gasteiger partial charge in [-0.05, 0) is 33.4 Å². The summed E-state index contributed by atoms with van der Waals surface area (Å²) in [6, 6.07) is 0. The van der Waals surface area contributed by atoms with Gasteiger partial charge in [0.1, 0.15) is 6.10 Å². The second-order valence-corrected chi connectivity index (χ2v) is 5.50. The van der Waals surface area contributed by atoms with E-state index in [4.69, 9.17) is 4.74 Å². The summed E-state index contributed by atoms with van der Waals surface area (Å²) >= 11 is 0. The van der Waals surface area contributed by atoms with E-state index < -0.39 is 0 Å². The molecule has 2 rings (SSSR count). The Hall–Kier alpha value is -0.570. The Morgan fingerprint density at radius 2 is 1.88 bits per heavy atom. The van der Waals surface area contributed by atoms with E-state index in [1.807, 2.05) is 14.1 Å². The summed E-state index contributed by atoms with van der Waals surface area (Å²) in [5, 5.41) is 0. The van der Waals surface area contributed by atoms with Gasteiger partial charge in [-0.25, -0.2) is 0 Å². The third kappa shape index (κ3) is 2.57. The van der Waals surface area contributed by atoms with Crippen LogP contribution in [0.3, 0.4) is 0 Å². The summed E-state index contributed by atoms with van der Waals surface area (Å²) in [7, 11) is 4.06. The Labute approximate surface area is 98.1 Å². The molecule has 0 radical (unpaired) electrons. The first-order valence-corrected chi connectivity index (χ1v) is 6.53. The fourth-order valence-corrected chi connectivity index (χ4v) is 3.10. The van der Waals surface area contributed by atoms with Crippen LogP contribution in [0.5, 0.6) is 0 Å². The molecule has 1 aliphatic carbocycles. The molecule has 0 amide bonds. The van der Waals surface area contributed by atoms with Gasteiger partial charge in [0.05, 0.1) is 5.92 Å². The number of carbonyl (C=O) groups excluding carboxylic acids is 1. The van der Waals surface area contributed by atoms with Crippen LogP contribution in [-0.2, 0) is 9.53 Å². The van der Waals surface area contributed by atoms with Crippen molar-refractivity contribution in [3.8, 4) is 0 Å². The van der Waals surface area contributed by atoms with Gasteiger partial charge in [0.25, 0.3) is 0 Å². The molecule has 0 aromatic rings. The average molecular weight is 225 g/mol. The highest BCUT2D eigenvalue weighted by Crippen LogP contribution is 2.37. The first-order valence-electron chi connectivity index (χ1n) is 6.53. The van der Waals surface area contributed by atoms with E-state index in [0.717, 1.165) is 13.0 Å².